The Morgan fingerprint density at radius 3 is 2.58 bits per heavy atom. The van der Waals surface area contributed by atoms with Crippen LogP contribution in [0.1, 0.15) is 5.56 Å². The largest absolute Gasteiger partial charge is 0.381 e. The van der Waals surface area contributed by atoms with Crippen molar-refractivity contribution in [1.29, 1.82) is 0 Å². The average Bonchev–Trinajstić information content (AvgIpc) is 3.01. The minimum Gasteiger partial charge on any atom is -0.381 e. The van der Waals surface area contributed by atoms with Gasteiger partial charge in [0.25, 0.3) is 0 Å². The topological polar surface area (TPSA) is 53.6 Å². The Morgan fingerprint density at radius 2 is 1.89 bits per heavy atom. The molecule has 0 fully saturated rings. The van der Waals surface area contributed by atoms with Gasteiger partial charge in [-0.2, -0.15) is 5.10 Å². The zero-order valence-corrected chi connectivity index (χ0v) is 10.4. The lowest BCUT2D eigenvalue weighted by Crippen LogP contribution is -1.99. The van der Waals surface area contributed by atoms with Crippen molar-refractivity contribution in [3.63, 3.8) is 0 Å². The van der Waals surface area contributed by atoms with Crippen LogP contribution in [-0.4, -0.2) is 15.2 Å². The van der Waals surface area contributed by atoms with Gasteiger partial charge < -0.3 is 5.32 Å². The normalized spacial score (nSPS) is 10.3. The highest BCUT2D eigenvalue weighted by molar-refractivity contribution is 5.62. The monoisotopic (exact) mass is 250 g/mol. The van der Waals surface area contributed by atoms with Crippen molar-refractivity contribution in [2.45, 2.75) is 6.54 Å². The molecule has 1 aromatic carbocycles. The van der Waals surface area contributed by atoms with E-state index in [0.29, 0.717) is 0 Å². The van der Waals surface area contributed by atoms with Crippen LogP contribution in [0, 0.1) is 0 Å². The van der Waals surface area contributed by atoms with Crippen LogP contribution in [-0.2, 0) is 6.54 Å². The number of benzene rings is 1. The first-order valence-corrected chi connectivity index (χ1v) is 6.14. The Balaban J connectivity index is 1.67. The average molecular weight is 250 g/mol. The molecule has 0 amide bonds. The standard InChI is InChI=1S/C15H14N4/c1-2-12(10-16-8-1)11-17-14-5-3-13(4-6-14)15-7-9-18-19-15/h1-10,17H,11H2,(H,18,19). The van der Waals surface area contributed by atoms with Crippen LogP contribution in [0.25, 0.3) is 11.3 Å². The van der Waals surface area contributed by atoms with Gasteiger partial charge in [0.15, 0.2) is 0 Å². The third-order valence-electron chi connectivity index (χ3n) is 2.92. The van der Waals surface area contributed by atoms with E-state index >= 15 is 0 Å². The quantitative estimate of drug-likeness (QED) is 0.748. The fourth-order valence-corrected chi connectivity index (χ4v) is 1.89. The zero-order chi connectivity index (χ0) is 12.9. The number of anilines is 1. The predicted octanol–water partition coefficient (Wildman–Crippen LogP) is 3.08. The molecule has 3 aromatic rings. The molecule has 2 aromatic heterocycles. The highest BCUT2D eigenvalue weighted by atomic mass is 15.1. The van der Waals surface area contributed by atoms with Crippen molar-refractivity contribution in [2.24, 2.45) is 0 Å². The molecular weight excluding hydrogens is 236 g/mol. The first kappa shape index (κ1) is 11.5. The Kier molecular flexibility index (Phi) is 3.23. The first-order valence-electron chi connectivity index (χ1n) is 6.14. The highest BCUT2D eigenvalue weighted by Crippen LogP contribution is 2.19. The van der Waals surface area contributed by atoms with E-state index in [-0.39, 0.29) is 0 Å². The van der Waals surface area contributed by atoms with Gasteiger partial charge >= 0.3 is 0 Å². The van der Waals surface area contributed by atoms with Crippen molar-refractivity contribution in [2.75, 3.05) is 5.32 Å². The van der Waals surface area contributed by atoms with Crippen molar-refractivity contribution >= 4 is 5.69 Å². The summed E-state index contributed by atoms with van der Waals surface area (Å²) in [6.45, 7) is 0.775. The van der Waals surface area contributed by atoms with Gasteiger partial charge in [0.1, 0.15) is 0 Å². The van der Waals surface area contributed by atoms with E-state index in [1.807, 2.05) is 18.3 Å². The minimum atomic E-state index is 0.775. The molecule has 94 valence electrons. The molecule has 19 heavy (non-hydrogen) atoms. The molecule has 0 spiro atoms. The Hall–Kier alpha value is -2.62. The summed E-state index contributed by atoms with van der Waals surface area (Å²) in [6, 6.07) is 14.2. The summed E-state index contributed by atoms with van der Waals surface area (Å²) in [7, 11) is 0. The maximum Gasteiger partial charge on any atom is 0.0650 e. The van der Waals surface area contributed by atoms with E-state index in [1.165, 1.54) is 5.56 Å². The van der Waals surface area contributed by atoms with Gasteiger partial charge in [0.05, 0.1) is 5.69 Å². The second-order valence-corrected chi connectivity index (χ2v) is 4.26. The lowest BCUT2D eigenvalue weighted by molar-refractivity contribution is 1.09. The summed E-state index contributed by atoms with van der Waals surface area (Å²) in [4.78, 5) is 4.09. The third-order valence-corrected chi connectivity index (χ3v) is 2.92. The Labute approximate surface area is 111 Å². The van der Waals surface area contributed by atoms with Gasteiger partial charge in [0, 0.05) is 30.8 Å². The van der Waals surface area contributed by atoms with E-state index in [2.05, 4.69) is 50.8 Å². The lowest BCUT2D eigenvalue weighted by atomic mass is 10.1. The number of pyridine rings is 1. The van der Waals surface area contributed by atoms with E-state index in [9.17, 15) is 0 Å². The maximum atomic E-state index is 4.09. The van der Waals surface area contributed by atoms with Gasteiger partial charge in [-0.15, -0.1) is 0 Å². The number of hydrogen-bond acceptors (Lipinski definition) is 3. The Morgan fingerprint density at radius 1 is 1.00 bits per heavy atom. The van der Waals surface area contributed by atoms with Crippen LogP contribution >= 0.6 is 0 Å². The van der Waals surface area contributed by atoms with Crippen LogP contribution in [0.2, 0.25) is 0 Å². The molecule has 2 heterocycles. The van der Waals surface area contributed by atoms with Crippen LogP contribution in [0.3, 0.4) is 0 Å². The predicted molar refractivity (Wildman–Crippen MR) is 75.6 cm³/mol. The summed E-state index contributed by atoms with van der Waals surface area (Å²) in [5.74, 6) is 0. The second kappa shape index (κ2) is 5.35. The maximum absolute atomic E-state index is 4.09. The van der Waals surface area contributed by atoms with Gasteiger partial charge in [0.2, 0.25) is 0 Å². The summed E-state index contributed by atoms with van der Waals surface area (Å²) in [6.07, 6.45) is 5.40. The third kappa shape index (κ3) is 2.80. The van der Waals surface area contributed by atoms with E-state index < -0.39 is 0 Å². The number of nitrogens with one attached hydrogen (secondary N) is 2. The molecule has 0 saturated heterocycles. The first-order chi connectivity index (χ1) is 9.42. The fraction of sp³-hybridized carbons (Fsp3) is 0.0667. The van der Waals surface area contributed by atoms with Crippen LogP contribution < -0.4 is 5.32 Å². The van der Waals surface area contributed by atoms with Gasteiger partial charge in [-0.1, -0.05) is 18.2 Å². The molecule has 0 aliphatic rings. The smallest absolute Gasteiger partial charge is 0.0650 e. The van der Waals surface area contributed by atoms with E-state index in [4.69, 9.17) is 0 Å². The number of aromatic amines is 1. The highest BCUT2D eigenvalue weighted by Gasteiger charge is 1.99. The molecule has 0 aliphatic carbocycles. The molecule has 0 saturated carbocycles. The number of aromatic nitrogens is 3. The fourth-order valence-electron chi connectivity index (χ4n) is 1.89. The molecule has 0 aliphatic heterocycles. The van der Waals surface area contributed by atoms with Gasteiger partial charge in [-0.05, 0) is 35.4 Å². The van der Waals surface area contributed by atoms with E-state index in [0.717, 1.165) is 23.5 Å². The molecule has 2 N–H and O–H groups in total. The number of H-pyrrole nitrogens is 1. The van der Waals surface area contributed by atoms with Crippen molar-refractivity contribution in [3.05, 3.63) is 66.6 Å². The van der Waals surface area contributed by atoms with Crippen molar-refractivity contribution in [1.82, 2.24) is 15.2 Å². The Bertz CT molecular complexity index is 615. The molecule has 0 unspecified atom stereocenters. The van der Waals surface area contributed by atoms with Crippen molar-refractivity contribution < 1.29 is 0 Å². The summed E-state index contributed by atoms with van der Waals surface area (Å²) in [5.41, 5.74) is 4.41. The minimum absolute atomic E-state index is 0.775. The molecule has 3 rings (SSSR count). The summed E-state index contributed by atoms with van der Waals surface area (Å²) < 4.78 is 0. The van der Waals surface area contributed by atoms with Crippen LogP contribution in [0.4, 0.5) is 5.69 Å². The molecule has 0 atom stereocenters. The lowest BCUT2D eigenvalue weighted by Gasteiger charge is -2.06. The molecule has 4 heteroatoms. The number of hydrogen-bond donors (Lipinski definition) is 2. The molecular formula is C15H14N4. The number of nitrogens with zero attached hydrogens (tertiary/aromatic N) is 2. The molecule has 0 bridgehead atoms. The van der Waals surface area contributed by atoms with Crippen LogP contribution in [0.5, 0.6) is 0 Å². The van der Waals surface area contributed by atoms with Crippen LogP contribution in [0.15, 0.2) is 61.1 Å². The summed E-state index contributed by atoms with van der Waals surface area (Å²) >= 11 is 0. The summed E-state index contributed by atoms with van der Waals surface area (Å²) in [5, 5.41) is 10.3. The van der Waals surface area contributed by atoms with Gasteiger partial charge in [-0.3, -0.25) is 10.1 Å². The van der Waals surface area contributed by atoms with Crippen molar-refractivity contribution in [3.8, 4) is 11.3 Å². The molecule has 0 radical (unpaired) electrons. The van der Waals surface area contributed by atoms with E-state index in [1.54, 1.807) is 12.4 Å². The number of rotatable bonds is 4. The molecule has 4 nitrogen and oxygen atoms in total. The second-order valence-electron chi connectivity index (χ2n) is 4.26. The zero-order valence-electron chi connectivity index (χ0n) is 10.4. The van der Waals surface area contributed by atoms with Gasteiger partial charge in [-0.25, -0.2) is 0 Å². The SMILES string of the molecule is c1cncc(CNc2ccc(-c3ccn[nH]3)cc2)c1.